The van der Waals surface area contributed by atoms with Crippen LogP contribution in [0.25, 0.3) is 0 Å². The number of nitrogens with two attached hydrogens (primary N) is 1. The molecular formula is C14H18BrNO. The molecule has 0 aromatic heterocycles. The molecule has 0 fully saturated rings. The molecule has 3 heteroatoms. The summed E-state index contributed by atoms with van der Waals surface area (Å²) < 4.78 is 6.42. The highest BCUT2D eigenvalue weighted by atomic mass is 79.9. The largest absolute Gasteiger partial charge is 0.496 e. The fraction of sp³-hybridized carbons (Fsp3) is 0.429. The second-order valence-corrected chi connectivity index (χ2v) is 5.30. The number of hydrogen-bond donors (Lipinski definition) is 1. The standard InChI is InChI=1S/C14H18BrNO/c1-17-13-9-11(15)7-8-12(13)14(16)10-5-3-2-4-6-10/h5,7-9,14H,2-4,6,16H2,1H3. The maximum Gasteiger partial charge on any atom is 0.125 e. The summed E-state index contributed by atoms with van der Waals surface area (Å²) in [5.41, 5.74) is 8.75. The molecule has 1 aliphatic rings. The van der Waals surface area contributed by atoms with Crippen molar-refractivity contribution >= 4 is 15.9 Å². The minimum Gasteiger partial charge on any atom is -0.496 e. The van der Waals surface area contributed by atoms with Gasteiger partial charge in [0.1, 0.15) is 5.75 Å². The fourth-order valence-corrected chi connectivity index (χ4v) is 2.63. The summed E-state index contributed by atoms with van der Waals surface area (Å²) in [6.07, 6.45) is 7.09. The van der Waals surface area contributed by atoms with Gasteiger partial charge in [-0.05, 0) is 37.8 Å². The average molecular weight is 296 g/mol. The summed E-state index contributed by atoms with van der Waals surface area (Å²) in [6, 6.07) is 6.00. The quantitative estimate of drug-likeness (QED) is 0.857. The first-order valence-electron chi connectivity index (χ1n) is 6.00. The van der Waals surface area contributed by atoms with Gasteiger partial charge in [-0.1, -0.05) is 33.6 Å². The van der Waals surface area contributed by atoms with E-state index < -0.39 is 0 Å². The van der Waals surface area contributed by atoms with Gasteiger partial charge in [0.15, 0.2) is 0 Å². The highest BCUT2D eigenvalue weighted by Gasteiger charge is 2.17. The Balaban J connectivity index is 2.29. The first-order chi connectivity index (χ1) is 8.22. The third kappa shape index (κ3) is 2.90. The SMILES string of the molecule is COc1cc(Br)ccc1C(N)C1=CCCCC1. The predicted molar refractivity (Wildman–Crippen MR) is 74.2 cm³/mol. The summed E-state index contributed by atoms with van der Waals surface area (Å²) in [7, 11) is 1.69. The maximum absolute atomic E-state index is 6.33. The Morgan fingerprint density at radius 2 is 2.18 bits per heavy atom. The number of hydrogen-bond acceptors (Lipinski definition) is 2. The third-order valence-corrected chi connectivity index (χ3v) is 3.75. The molecule has 1 unspecified atom stereocenters. The van der Waals surface area contributed by atoms with E-state index in [1.165, 1.54) is 18.4 Å². The summed E-state index contributed by atoms with van der Waals surface area (Å²) in [5.74, 6) is 0.860. The fourth-order valence-electron chi connectivity index (χ4n) is 2.29. The van der Waals surface area contributed by atoms with Crippen molar-refractivity contribution in [2.75, 3.05) is 7.11 Å². The molecule has 0 spiro atoms. The average Bonchev–Trinajstić information content (AvgIpc) is 2.39. The summed E-state index contributed by atoms with van der Waals surface area (Å²) in [6.45, 7) is 0. The van der Waals surface area contributed by atoms with Crippen molar-refractivity contribution < 1.29 is 4.74 Å². The van der Waals surface area contributed by atoms with Gasteiger partial charge in [-0.25, -0.2) is 0 Å². The molecule has 17 heavy (non-hydrogen) atoms. The van der Waals surface area contributed by atoms with E-state index in [2.05, 4.69) is 22.0 Å². The van der Waals surface area contributed by atoms with Gasteiger partial charge in [-0.2, -0.15) is 0 Å². The van der Waals surface area contributed by atoms with Crippen molar-refractivity contribution in [2.24, 2.45) is 5.73 Å². The van der Waals surface area contributed by atoms with Crippen molar-refractivity contribution in [3.05, 3.63) is 39.9 Å². The molecule has 0 amide bonds. The minimum absolute atomic E-state index is 0.0293. The molecule has 1 aliphatic carbocycles. The van der Waals surface area contributed by atoms with E-state index in [4.69, 9.17) is 10.5 Å². The highest BCUT2D eigenvalue weighted by molar-refractivity contribution is 9.10. The van der Waals surface area contributed by atoms with E-state index in [0.717, 1.165) is 28.6 Å². The Labute approximate surface area is 111 Å². The van der Waals surface area contributed by atoms with Gasteiger partial charge in [0.25, 0.3) is 0 Å². The van der Waals surface area contributed by atoms with Crippen LogP contribution in [-0.4, -0.2) is 7.11 Å². The van der Waals surface area contributed by atoms with Gasteiger partial charge >= 0.3 is 0 Å². The summed E-state index contributed by atoms with van der Waals surface area (Å²) >= 11 is 3.45. The molecule has 2 rings (SSSR count). The lowest BCUT2D eigenvalue weighted by atomic mass is 9.90. The number of methoxy groups -OCH3 is 1. The lowest BCUT2D eigenvalue weighted by Gasteiger charge is -2.21. The van der Waals surface area contributed by atoms with E-state index in [0.29, 0.717) is 0 Å². The highest BCUT2D eigenvalue weighted by Crippen LogP contribution is 2.34. The topological polar surface area (TPSA) is 35.2 Å². The van der Waals surface area contributed by atoms with Gasteiger partial charge in [0, 0.05) is 10.0 Å². The Bertz CT molecular complexity index is 428. The molecule has 1 aromatic carbocycles. The molecule has 1 atom stereocenters. The molecule has 0 radical (unpaired) electrons. The number of rotatable bonds is 3. The molecule has 1 aromatic rings. The summed E-state index contributed by atoms with van der Waals surface area (Å²) in [5, 5.41) is 0. The molecule has 2 N–H and O–H groups in total. The van der Waals surface area contributed by atoms with Crippen molar-refractivity contribution in [1.82, 2.24) is 0 Å². The van der Waals surface area contributed by atoms with E-state index in [1.54, 1.807) is 7.11 Å². The predicted octanol–water partition coefficient (Wildman–Crippen LogP) is 3.96. The maximum atomic E-state index is 6.33. The third-order valence-electron chi connectivity index (χ3n) is 3.26. The Morgan fingerprint density at radius 3 is 2.82 bits per heavy atom. The van der Waals surface area contributed by atoms with E-state index in [9.17, 15) is 0 Å². The van der Waals surface area contributed by atoms with Crippen molar-refractivity contribution in [3.63, 3.8) is 0 Å². The van der Waals surface area contributed by atoms with E-state index in [1.807, 2.05) is 18.2 Å². The van der Waals surface area contributed by atoms with Crippen molar-refractivity contribution in [3.8, 4) is 5.75 Å². The van der Waals surface area contributed by atoms with Crippen LogP contribution in [0.3, 0.4) is 0 Å². The molecule has 0 aliphatic heterocycles. The molecule has 92 valence electrons. The molecule has 0 heterocycles. The van der Waals surface area contributed by atoms with Gasteiger partial charge in [-0.3, -0.25) is 0 Å². The molecule has 0 saturated heterocycles. The van der Waals surface area contributed by atoms with E-state index in [-0.39, 0.29) is 6.04 Å². The lowest BCUT2D eigenvalue weighted by Crippen LogP contribution is -2.15. The second kappa shape index (κ2) is 5.69. The number of benzene rings is 1. The Kier molecular flexibility index (Phi) is 4.24. The van der Waals surface area contributed by atoms with Gasteiger partial charge in [-0.15, -0.1) is 0 Å². The number of ether oxygens (including phenoxy) is 1. The number of allylic oxidation sites excluding steroid dienone is 1. The smallest absolute Gasteiger partial charge is 0.125 e. The zero-order chi connectivity index (χ0) is 12.3. The van der Waals surface area contributed by atoms with Crippen LogP contribution in [0.2, 0.25) is 0 Å². The van der Waals surface area contributed by atoms with Crippen molar-refractivity contribution in [2.45, 2.75) is 31.7 Å². The van der Waals surface area contributed by atoms with Crippen LogP contribution in [0.15, 0.2) is 34.3 Å². The monoisotopic (exact) mass is 295 g/mol. The molecular weight excluding hydrogens is 278 g/mol. The van der Waals surface area contributed by atoms with E-state index >= 15 is 0 Å². The second-order valence-electron chi connectivity index (χ2n) is 4.39. The van der Waals surface area contributed by atoms with Crippen LogP contribution >= 0.6 is 15.9 Å². The number of halogens is 1. The first kappa shape index (κ1) is 12.7. The minimum atomic E-state index is -0.0293. The Morgan fingerprint density at radius 1 is 1.35 bits per heavy atom. The van der Waals surface area contributed by atoms with Gasteiger partial charge in [0.2, 0.25) is 0 Å². The normalized spacial score (nSPS) is 17.5. The molecule has 2 nitrogen and oxygen atoms in total. The van der Waals surface area contributed by atoms with Crippen LogP contribution in [0, 0.1) is 0 Å². The van der Waals surface area contributed by atoms with Crippen LogP contribution in [0.4, 0.5) is 0 Å². The zero-order valence-electron chi connectivity index (χ0n) is 10.1. The Hall–Kier alpha value is -0.800. The van der Waals surface area contributed by atoms with Crippen LogP contribution in [0.5, 0.6) is 5.75 Å². The van der Waals surface area contributed by atoms with Gasteiger partial charge < -0.3 is 10.5 Å². The summed E-state index contributed by atoms with van der Waals surface area (Å²) in [4.78, 5) is 0. The molecule has 0 bridgehead atoms. The zero-order valence-corrected chi connectivity index (χ0v) is 11.7. The van der Waals surface area contributed by atoms with Crippen LogP contribution in [-0.2, 0) is 0 Å². The van der Waals surface area contributed by atoms with Gasteiger partial charge in [0.05, 0.1) is 13.2 Å². The first-order valence-corrected chi connectivity index (χ1v) is 6.79. The van der Waals surface area contributed by atoms with Crippen molar-refractivity contribution in [1.29, 1.82) is 0 Å². The molecule has 0 saturated carbocycles. The van der Waals surface area contributed by atoms with Crippen LogP contribution < -0.4 is 10.5 Å². The lowest BCUT2D eigenvalue weighted by molar-refractivity contribution is 0.406. The van der Waals surface area contributed by atoms with Crippen LogP contribution in [0.1, 0.15) is 37.3 Å².